The van der Waals surface area contributed by atoms with Gasteiger partial charge in [-0.05, 0) is 48.4 Å². The Kier molecular flexibility index (Phi) is 7.35. The van der Waals surface area contributed by atoms with Crippen molar-refractivity contribution in [3.63, 3.8) is 0 Å². The molecular formula is C12H16BrN3O2S. The van der Waals surface area contributed by atoms with E-state index < -0.39 is 0 Å². The first-order valence-electron chi connectivity index (χ1n) is 5.86. The second-order valence-corrected chi connectivity index (χ2v) is 5.80. The number of allylic oxidation sites excluding steroid dienone is 3. The number of nitrogens with one attached hydrogen (secondary N) is 1. The van der Waals surface area contributed by atoms with Crippen molar-refractivity contribution in [2.45, 2.75) is 26.7 Å². The molecule has 0 aliphatic carbocycles. The molecule has 0 aliphatic rings. The average molecular weight is 346 g/mol. The lowest BCUT2D eigenvalue weighted by Gasteiger charge is -2.06. The van der Waals surface area contributed by atoms with Gasteiger partial charge in [0, 0.05) is 6.42 Å². The van der Waals surface area contributed by atoms with E-state index in [0.717, 1.165) is 5.76 Å². The molecule has 0 aliphatic heterocycles. The molecule has 0 spiro atoms. The molecule has 1 heterocycles. The van der Waals surface area contributed by atoms with Crippen LogP contribution in [0.15, 0.2) is 27.9 Å². The Balaban J connectivity index is 2.20. The van der Waals surface area contributed by atoms with Gasteiger partial charge in [-0.2, -0.15) is 0 Å². The van der Waals surface area contributed by atoms with Crippen molar-refractivity contribution in [2.24, 2.45) is 0 Å². The van der Waals surface area contributed by atoms with E-state index in [1.165, 1.54) is 11.3 Å². The summed E-state index contributed by atoms with van der Waals surface area (Å²) in [5.41, 5.74) is 0. The maximum atomic E-state index is 11.6. The first kappa shape index (κ1) is 15.8. The molecule has 0 aromatic carbocycles. The van der Waals surface area contributed by atoms with Gasteiger partial charge >= 0.3 is 0 Å². The third-order valence-electron chi connectivity index (χ3n) is 2.08. The summed E-state index contributed by atoms with van der Waals surface area (Å²) in [6.45, 7) is 4.35. The molecule has 104 valence electrons. The van der Waals surface area contributed by atoms with Crippen molar-refractivity contribution in [3.05, 3.63) is 27.9 Å². The van der Waals surface area contributed by atoms with Crippen LogP contribution in [-0.2, 0) is 9.53 Å². The Hall–Kier alpha value is -1.21. The predicted molar refractivity (Wildman–Crippen MR) is 80.0 cm³/mol. The van der Waals surface area contributed by atoms with E-state index in [1.807, 2.05) is 32.1 Å². The lowest BCUT2D eigenvalue weighted by molar-refractivity contribution is -0.116. The smallest absolute Gasteiger partial charge is 0.226 e. The fraction of sp³-hybridized carbons (Fsp3) is 0.417. The fourth-order valence-electron chi connectivity index (χ4n) is 1.25. The first-order chi connectivity index (χ1) is 9.15. The third-order valence-corrected chi connectivity index (χ3v) is 3.35. The molecule has 0 fully saturated rings. The van der Waals surface area contributed by atoms with Gasteiger partial charge in [-0.15, -0.1) is 10.2 Å². The van der Waals surface area contributed by atoms with Crippen molar-refractivity contribution in [1.29, 1.82) is 0 Å². The quantitative estimate of drug-likeness (QED) is 0.466. The van der Waals surface area contributed by atoms with Crippen molar-refractivity contribution in [1.82, 2.24) is 10.2 Å². The van der Waals surface area contributed by atoms with Crippen molar-refractivity contribution >= 4 is 38.3 Å². The van der Waals surface area contributed by atoms with Crippen molar-refractivity contribution in [2.75, 3.05) is 11.9 Å². The van der Waals surface area contributed by atoms with Gasteiger partial charge in [-0.1, -0.05) is 17.4 Å². The molecule has 1 amide bonds. The second kappa shape index (κ2) is 8.82. The van der Waals surface area contributed by atoms with Gasteiger partial charge in [0.1, 0.15) is 5.76 Å². The van der Waals surface area contributed by atoms with Gasteiger partial charge in [0.25, 0.3) is 0 Å². The average Bonchev–Trinajstić information content (AvgIpc) is 2.78. The molecule has 19 heavy (non-hydrogen) atoms. The first-order valence-corrected chi connectivity index (χ1v) is 7.47. The van der Waals surface area contributed by atoms with Crippen molar-refractivity contribution in [3.8, 4) is 0 Å². The summed E-state index contributed by atoms with van der Waals surface area (Å²) in [5, 5.41) is 10.7. The number of halogens is 1. The van der Waals surface area contributed by atoms with Crippen LogP contribution in [0, 0.1) is 0 Å². The number of anilines is 1. The summed E-state index contributed by atoms with van der Waals surface area (Å²) in [6, 6.07) is 0. The lowest BCUT2D eigenvalue weighted by Crippen LogP contribution is -2.12. The molecule has 1 aromatic heterocycles. The van der Waals surface area contributed by atoms with Gasteiger partial charge in [0.05, 0.1) is 6.61 Å². The summed E-state index contributed by atoms with van der Waals surface area (Å²) >= 11 is 4.47. The largest absolute Gasteiger partial charge is 0.494 e. The minimum absolute atomic E-state index is 0.0830. The Morgan fingerprint density at radius 3 is 2.84 bits per heavy atom. The van der Waals surface area contributed by atoms with Gasteiger partial charge < -0.3 is 10.1 Å². The third kappa shape index (κ3) is 6.49. The summed E-state index contributed by atoms with van der Waals surface area (Å²) in [6.07, 6.45) is 6.73. The van der Waals surface area contributed by atoms with Gasteiger partial charge in [0.15, 0.2) is 3.92 Å². The van der Waals surface area contributed by atoms with E-state index in [-0.39, 0.29) is 5.91 Å². The highest BCUT2D eigenvalue weighted by atomic mass is 79.9. The number of carbonyl (C=O) groups is 1. The van der Waals surface area contributed by atoms with Crippen LogP contribution < -0.4 is 5.32 Å². The summed E-state index contributed by atoms with van der Waals surface area (Å²) in [4.78, 5) is 11.6. The number of rotatable bonds is 7. The van der Waals surface area contributed by atoms with E-state index in [4.69, 9.17) is 4.74 Å². The van der Waals surface area contributed by atoms with Crippen LogP contribution in [0.4, 0.5) is 5.13 Å². The number of hydrogen-bond acceptors (Lipinski definition) is 5. The van der Waals surface area contributed by atoms with Gasteiger partial charge in [-0.3, -0.25) is 4.79 Å². The van der Waals surface area contributed by atoms with Crippen LogP contribution >= 0.6 is 27.3 Å². The predicted octanol–water partition coefficient (Wildman–Crippen LogP) is 3.52. The molecule has 7 heteroatoms. The highest BCUT2D eigenvalue weighted by Gasteiger charge is 2.06. The Morgan fingerprint density at radius 1 is 1.47 bits per heavy atom. The zero-order valence-electron chi connectivity index (χ0n) is 10.9. The molecular weight excluding hydrogens is 330 g/mol. The molecule has 1 aromatic rings. The minimum Gasteiger partial charge on any atom is -0.494 e. The maximum absolute atomic E-state index is 11.6. The topological polar surface area (TPSA) is 64.1 Å². The number of ether oxygens (including phenoxy) is 1. The van der Waals surface area contributed by atoms with E-state index in [0.29, 0.717) is 28.5 Å². The van der Waals surface area contributed by atoms with Crippen LogP contribution in [0.5, 0.6) is 0 Å². The van der Waals surface area contributed by atoms with Crippen LogP contribution in [0.25, 0.3) is 0 Å². The lowest BCUT2D eigenvalue weighted by atomic mass is 10.3. The number of carbonyl (C=O) groups excluding carboxylic acids is 1. The van der Waals surface area contributed by atoms with E-state index in [9.17, 15) is 4.79 Å². The molecule has 0 saturated heterocycles. The zero-order valence-corrected chi connectivity index (χ0v) is 13.3. The fourth-order valence-corrected chi connectivity index (χ4v) is 2.28. The summed E-state index contributed by atoms with van der Waals surface area (Å²) in [5.74, 6) is 0.733. The van der Waals surface area contributed by atoms with E-state index in [1.54, 1.807) is 0 Å². The SMILES string of the molecule is C/C=C\C(=C/C)OCCCC(=O)Nc1nnc(Br)s1. The minimum atomic E-state index is -0.0830. The second-order valence-electron chi connectivity index (χ2n) is 3.55. The number of hydrogen-bond donors (Lipinski definition) is 1. The molecule has 0 radical (unpaired) electrons. The molecule has 1 rings (SSSR count). The highest BCUT2D eigenvalue weighted by Crippen LogP contribution is 2.20. The molecule has 0 unspecified atom stereocenters. The molecule has 0 atom stereocenters. The summed E-state index contributed by atoms with van der Waals surface area (Å²) < 4.78 is 6.15. The summed E-state index contributed by atoms with van der Waals surface area (Å²) in [7, 11) is 0. The zero-order chi connectivity index (χ0) is 14.1. The van der Waals surface area contributed by atoms with Crippen LogP contribution in [-0.4, -0.2) is 22.7 Å². The maximum Gasteiger partial charge on any atom is 0.226 e. The van der Waals surface area contributed by atoms with E-state index >= 15 is 0 Å². The normalized spacial score (nSPS) is 11.8. The Morgan fingerprint density at radius 2 is 2.26 bits per heavy atom. The van der Waals surface area contributed by atoms with Crippen LogP contribution in [0.1, 0.15) is 26.7 Å². The Bertz CT molecular complexity index is 471. The molecule has 1 N–H and O–H groups in total. The number of nitrogens with zero attached hydrogens (tertiary/aromatic N) is 2. The molecule has 0 bridgehead atoms. The van der Waals surface area contributed by atoms with Crippen LogP contribution in [0.2, 0.25) is 0 Å². The molecule has 5 nitrogen and oxygen atoms in total. The number of amides is 1. The highest BCUT2D eigenvalue weighted by molar-refractivity contribution is 9.11. The standard InChI is InChI=1S/C12H16BrN3O2S/c1-3-6-9(4-2)18-8-5-7-10(17)14-12-16-15-11(13)19-12/h3-4,6H,5,7-8H2,1-2H3,(H,14,16,17)/b6-3-,9-4+. The van der Waals surface area contributed by atoms with Crippen molar-refractivity contribution < 1.29 is 9.53 Å². The Labute approximate surface area is 124 Å². The van der Waals surface area contributed by atoms with Crippen LogP contribution in [0.3, 0.4) is 0 Å². The van der Waals surface area contributed by atoms with E-state index in [2.05, 4.69) is 31.4 Å². The monoisotopic (exact) mass is 345 g/mol. The number of aromatic nitrogens is 2. The van der Waals surface area contributed by atoms with Gasteiger partial charge in [-0.25, -0.2) is 0 Å². The van der Waals surface area contributed by atoms with Gasteiger partial charge in [0.2, 0.25) is 11.0 Å². The molecule has 0 saturated carbocycles.